The molecule has 0 radical (unpaired) electrons. The first-order chi connectivity index (χ1) is 15.9. The Hall–Kier alpha value is -3.26. The summed E-state index contributed by atoms with van der Waals surface area (Å²) in [7, 11) is 0. The Morgan fingerprint density at radius 1 is 0.818 bits per heavy atom. The van der Waals surface area contributed by atoms with Crippen molar-refractivity contribution in [1.82, 2.24) is 0 Å². The molecule has 0 fully saturated rings. The number of allylic oxidation sites excluding steroid dienone is 8. The molecule has 2 nitrogen and oxygen atoms in total. The Bertz CT molecular complexity index is 1150. The number of nitrogens with two attached hydrogens (primary N) is 2. The molecule has 0 aliphatic heterocycles. The van der Waals surface area contributed by atoms with Crippen LogP contribution in [0.1, 0.15) is 52.0 Å². The van der Waals surface area contributed by atoms with Gasteiger partial charge in [-0.15, -0.1) is 0 Å². The van der Waals surface area contributed by atoms with Gasteiger partial charge >= 0.3 is 0 Å². The predicted octanol–water partition coefficient (Wildman–Crippen LogP) is 7.66. The second kappa shape index (κ2) is 10.1. The highest BCUT2D eigenvalue weighted by molar-refractivity contribution is 5.65. The van der Waals surface area contributed by atoms with Crippen molar-refractivity contribution < 1.29 is 0 Å². The summed E-state index contributed by atoms with van der Waals surface area (Å²) >= 11 is 0. The fourth-order valence-electron chi connectivity index (χ4n) is 4.75. The Kier molecular flexibility index (Phi) is 7.03. The van der Waals surface area contributed by atoms with Crippen molar-refractivity contribution in [1.29, 1.82) is 0 Å². The van der Waals surface area contributed by atoms with E-state index in [1.807, 2.05) is 12.1 Å². The normalized spacial score (nSPS) is 17.1. The molecule has 0 aromatic heterocycles. The van der Waals surface area contributed by atoms with Crippen molar-refractivity contribution in [2.45, 2.75) is 52.9 Å². The summed E-state index contributed by atoms with van der Waals surface area (Å²) in [6, 6.07) is 16.8. The topological polar surface area (TPSA) is 52.0 Å². The quantitative estimate of drug-likeness (QED) is 0.457. The summed E-state index contributed by atoms with van der Waals surface area (Å²) in [6.07, 6.45) is 14.4. The lowest BCUT2D eigenvalue weighted by Crippen LogP contribution is -2.14. The van der Waals surface area contributed by atoms with Gasteiger partial charge < -0.3 is 11.5 Å². The van der Waals surface area contributed by atoms with Crippen LogP contribution in [0.5, 0.6) is 0 Å². The molecule has 2 aliphatic rings. The van der Waals surface area contributed by atoms with E-state index in [1.165, 1.54) is 39.0 Å². The summed E-state index contributed by atoms with van der Waals surface area (Å²) in [4.78, 5) is 0. The second-order valence-electron chi connectivity index (χ2n) is 9.60. The van der Waals surface area contributed by atoms with Gasteiger partial charge in [0, 0.05) is 11.4 Å². The highest BCUT2D eigenvalue weighted by Crippen LogP contribution is 2.36. The number of hydrogen-bond acceptors (Lipinski definition) is 2. The molecule has 0 unspecified atom stereocenters. The molecule has 4 rings (SSSR count). The summed E-state index contributed by atoms with van der Waals surface area (Å²) in [5.41, 5.74) is 24.9. The number of hydrogen-bond donors (Lipinski definition) is 2. The molecule has 0 amide bonds. The van der Waals surface area contributed by atoms with E-state index in [9.17, 15) is 0 Å². The zero-order valence-electron chi connectivity index (χ0n) is 20.2. The molecule has 0 saturated heterocycles. The summed E-state index contributed by atoms with van der Waals surface area (Å²) in [6.45, 7) is 6.77. The van der Waals surface area contributed by atoms with Crippen LogP contribution >= 0.6 is 0 Å². The van der Waals surface area contributed by atoms with Crippen molar-refractivity contribution >= 4 is 5.69 Å². The lowest BCUT2D eigenvalue weighted by Gasteiger charge is -2.25. The molecule has 0 heterocycles. The number of anilines is 1. The summed E-state index contributed by atoms with van der Waals surface area (Å²) < 4.78 is 0. The molecule has 2 aliphatic carbocycles. The van der Waals surface area contributed by atoms with E-state index in [0.717, 1.165) is 43.5 Å². The largest absolute Gasteiger partial charge is 0.399 e. The first-order valence-corrected chi connectivity index (χ1v) is 12.1. The third-order valence-electron chi connectivity index (χ3n) is 6.97. The SMILES string of the molecule is CC1=C(/C=C\Cc2ccc(-c3ccc(N)cc3)cc2)C(N)=C(C2=CC=C(C(C)C)CC2)CC1. The predicted molar refractivity (Wildman–Crippen MR) is 143 cm³/mol. The van der Waals surface area contributed by atoms with Crippen LogP contribution in [0.15, 0.2) is 106 Å². The van der Waals surface area contributed by atoms with Gasteiger partial charge in [-0.1, -0.05) is 85.7 Å². The van der Waals surface area contributed by atoms with E-state index in [4.69, 9.17) is 11.5 Å². The second-order valence-corrected chi connectivity index (χ2v) is 9.60. The van der Waals surface area contributed by atoms with Gasteiger partial charge in [-0.2, -0.15) is 0 Å². The maximum atomic E-state index is 6.71. The van der Waals surface area contributed by atoms with Crippen molar-refractivity contribution in [3.63, 3.8) is 0 Å². The molecular weight excluding hydrogens is 400 g/mol. The molecule has 0 saturated carbocycles. The van der Waals surface area contributed by atoms with Gasteiger partial charge in [-0.3, -0.25) is 0 Å². The first kappa shape index (κ1) is 22.9. The minimum atomic E-state index is 0.627. The monoisotopic (exact) mass is 436 g/mol. The van der Waals surface area contributed by atoms with Crippen molar-refractivity contribution in [2.75, 3.05) is 5.73 Å². The van der Waals surface area contributed by atoms with E-state index in [2.05, 4.69) is 81.5 Å². The lowest BCUT2D eigenvalue weighted by atomic mass is 9.81. The van der Waals surface area contributed by atoms with Gasteiger partial charge in [-0.05, 0) is 90.5 Å². The highest BCUT2D eigenvalue weighted by atomic mass is 14.6. The Morgan fingerprint density at radius 2 is 1.48 bits per heavy atom. The molecule has 170 valence electrons. The maximum absolute atomic E-state index is 6.71. The van der Waals surface area contributed by atoms with Crippen LogP contribution in [0.2, 0.25) is 0 Å². The van der Waals surface area contributed by atoms with Gasteiger partial charge in [0.1, 0.15) is 0 Å². The van der Waals surface area contributed by atoms with E-state index in [-0.39, 0.29) is 0 Å². The molecule has 2 aromatic carbocycles. The minimum absolute atomic E-state index is 0.627. The number of rotatable bonds is 6. The number of benzene rings is 2. The molecule has 2 aromatic rings. The zero-order chi connectivity index (χ0) is 23.4. The van der Waals surface area contributed by atoms with E-state index < -0.39 is 0 Å². The van der Waals surface area contributed by atoms with Crippen molar-refractivity contribution in [2.24, 2.45) is 11.7 Å². The third-order valence-corrected chi connectivity index (χ3v) is 6.97. The van der Waals surface area contributed by atoms with Gasteiger partial charge in [0.05, 0.1) is 0 Å². The van der Waals surface area contributed by atoms with Crippen LogP contribution in [0, 0.1) is 5.92 Å². The van der Waals surface area contributed by atoms with Crippen LogP contribution in [0.25, 0.3) is 11.1 Å². The number of nitrogen functional groups attached to an aromatic ring is 1. The minimum Gasteiger partial charge on any atom is -0.399 e. The Balaban J connectivity index is 1.46. The molecule has 33 heavy (non-hydrogen) atoms. The highest BCUT2D eigenvalue weighted by Gasteiger charge is 2.20. The maximum Gasteiger partial charge on any atom is 0.0422 e. The molecule has 0 spiro atoms. The molecule has 4 N–H and O–H groups in total. The van der Waals surface area contributed by atoms with Crippen LogP contribution in [-0.4, -0.2) is 0 Å². The van der Waals surface area contributed by atoms with E-state index >= 15 is 0 Å². The van der Waals surface area contributed by atoms with Gasteiger partial charge in [0.25, 0.3) is 0 Å². The smallest absolute Gasteiger partial charge is 0.0422 e. The van der Waals surface area contributed by atoms with Gasteiger partial charge in [-0.25, -0.2) is 0 Å². The Labute approximate surface area is 199 Å². The van der Waals surface area contributed by atoms with Gasteiger partial charge in [0.15, 0.2) is 0 Å². The van der Waals surface area contributed by atoms with Crippen molar-refractivity contribution in [3.8, 4) is 11.1 Å². The third kappa shape index (κ3) is 5.39. The first-order valence-electron chi connectivity index (χ1n) is 12.1. The molecule has 0 bridgehead atoms. The van der Waals surface area contributed by atoms with Crippen LogP contribution in [0.4, 0.5) is 5.69 Å². The Morgan fingerprint density at radius 3 is 2.09 bits per heavy atom. The van der Waals surface area contributed by atoms with E-state index in [1.54, 1.807) is 5.57 Å². The average molecular weight is 437 g/mol. The van der Waals surface area contributed by atoms with Crippen LogP contribution < -0.4 is 11.5 Å². The average Bonchev–Trinajstić information content (AvgIpc) is 2.82. The molecular formula is C31H36N2. The standard InChI is InChI=1S/C31H36N2/c1-21(2)24-12-14-27(15-13-24)30-20-7-22(3)29(31(30)33)6-4-5-23-8-10-25(11-9-23)26-16-18-28(32)19-17-26/h4,6,8-12,14,16-19,21H,5,7,13,15,20,32-33H2,1-3H3/b6-4-. The van der Waals surface area contributed by atoms with Crippen LogP contribution in [-0.2, 0) is 6.42 Å². The fourth-order valence-corrected chi connectivity index (χ4v) is 4.75. The van der Waals surface area contributed by atoms with Crippen molar-refractivity contribution in [3.05, 3.63) is 112 Å². The van der Waals surface area contributed by atoms with Gasteiger partial charge in [0.2, 0.25) is 0 Å². The molecule has 2 heteroatoms. The zero-order valence-corrected chi connectivity index (χ0v) is 20.2. The fraction of sp³-hybridized carbons (Fsp3) is 0.290. The summed E-state index contributed by atoms with van der Waals surface area (Å²) in [5.74, 6) is 0.627. The molecule has 0 atom stereocenters. The summed E-state index contributed by atoms with van der Waals surface area (Å²) in [5, 5.41) is 0. The van der Waals surface area contributed by atoms with E-state index in [0.29, 0.717) is 5.92 Å². The van der Waals surface area contributed by atoms with Crippen LogP contribution in [0.3, 0.4) is 0 Å². The lowest BCUT2D eigenvalue weighted by molar-refractivity contribution is 0.697.